The Morgan fingerprint density at radius 2 is 2.04 bits per heavy atom. The van der Waals surface area contributed by atoms with Crippen molar-refractivity contribution >= 4 is 20.6 Å². The molecule has 2 heterocycles. The van der Waals surface area contributed by atoms with Gasteiger partial charge in [0.15, 0.2) is 0 Å². The summed E-state index contributed by atoms with van der Waals surface area (Å²) in [5, 5.41) is 7.41. The molecule has 8 heteroatoms. The number of rotatable bonds is 6. The van der Waals surface area contributed by atoms with E-state index in [-0.39, 0.29) is 5.56 Å². The minimum Gasteiger partial charge on any atom is -0.457 e. The first-order chi connectivity index (χ1) is 12.6. The van der Waals surface area contributed by atoms with Gasteiger partial charge in [-0.15, -0.1) is 11.3 Å². The molecule has 1 aromatic carbocycles. The molecule has 3 aromatic rings. The standard InChI is InChI=1S/C18H17FN3O2PS/c19-18(25)24-13-5-3-11(4-6-13)14-7-8-17(23)22(21-14)9-16-20-15(10-26-16)12-1-2-12/h3-8,10,12,18H,1-2,9,25H2. The van der Waals surface area contributed by atoms with Crippen LogP contribution in [-0.4, -0.2) is 20.9 Å². The molecule has 0 aliphatic heterocycles. The number of alkyl halides is 1. The lowest BCUT2D eigenvalue weighted by Gasteiger charge is -2.08. The van der Waals surface area contributed by atoms with E-state index < -0.39 is 6.10 Å². The highest BCUT2D eigenvalue weighted by Crippen LogP contribution is 2.40. The number of thiazole rings is 1. The highest BCUT2D eigenvalue weighted by molar-refractivity contribution is 7.16. The minimum atomic E-state index is -1.44. The van der Waals surface area contributed by atoms with Gasteiger partial charge in [0.05, 0.1) is 17.9 Å². The second-order valence-corrected chi connectivity index (χ2v) is 7.62. The van der Waals surface area contributed by atoms with E-state index in [1.54, 1.807) is 41.7 Å². The van der Waals surface area contributed by atoms with Crippen molar-refractivity contribution in [3.05, 3.63) is 62.8 Å². The van der Waals surface area contributed by atoms with Gasteiger partial charge in [-0.2, -0.15) is 9.49 Å². The van der Waals surface area contributed by atoms with Crippen LogP contribution in [-0.2, 0) is 6.54 Å². The second-order valence-electron chi connectivity index (χ2n) is 6.15. The molecule has 1 fully saturated rings. The Balaban J connectivity index is 1.56. The fraction of sp³-hybridized carbons (Fsp3) is 0.278. The molecule has 0 spiro atoms. The van der Waals surface area contributed by atoms with Gasteiger partial charge < -0.3 is 4.74 Å². The van der Waals surface area contributed by atoms with E-state index in [9.17, 15) is 9.18 Å². The number of nitrogens with zero attached hydrogens (tertiary/aromatic N) is 3. The molecule has 134 valence electrons. The lowest BCUT2D eigenvalue weighted by atomic mass is 10.1. The van der Waals surface area contributed by atoms with Crippen LogP contribution >= 0.6 is 20.6 Å². The lowest BCUT2D eigenvalue weighted by Crippen LogP contribution is -2.22. The number of benzene rings is 1. The fourth-order valence-corrected chi connectivity index (χ4v) is 3.66. The van der Waals surface area contributed by atoms with E-state index in [0.29, 0.717) is 23.9 Å². The van der Waals surface area contributed by atoms with Gasteiger partial charge in [0.2, 0.25) is 6.10 Å². The molecule has 0 radical (unpaired) electrons. The lowest BCUT2D eigenvalue weighted by molar-refractivity contribution is 0.153. The summed E-state index contributed by atoms with van der Waals surface area (Å²) in [5.74, 6) is 1.03. The molecule has 0 saturated heterocycles. The van der Waals surface area contributed by atoms with Crippen LogP contribution in [0.25, 0.3) is 11.3 Å². The Labute approximate surface area is 156 Å². The summed E-state index contributed by atoms with van der Waals surface area (Å²) in [4.78, 5) is 16.8. The van der Waals surface area contributed by atoms with E-state index in [4.69, 9.17) is 4.74 Å². The summed E-state index contributed by atoms with van der Waals surface area (Å²) in [5.41, 5.74) is 2.45. The highest BCUT2D eigenvalue weighted by Gasteiger charge is 2.26. The van der Waals surface area contributed by atoms with E-state index in [0.717, 1.165) is 16.3 Å². The number of halogens is 1. The number of hydrogen-bond donors (Lipinski definition) is 0. The van der Waals surface area contributed by atoms with E-state index >= 15 is 0 Å². The summed E-state index contributed by atoms with van der Waals surface area (Å²) >= 11 is 1.57. The normalized spacial score (nSPS) is 15.0. The van der Waals surface area contributed by atoms with Crippen LogP contribution in [0.2, 0.25) is 0 Å². The number of ether oxygens (including phenoxy) is 1. The first-order valence-corrected chi connectivity index (χ1v) is 9.82. The third kappa shape index (κ3) is 4.00. The topological polar surface area (TPSA) is 57.0 Å². The van der Waals surface area contributed by atoms with E-state index in [1.807, 2.05) is 9.24 Å². The van der Waals surface area contributed by atoms with Crippen molar-refractivity contribution in [1.29, 1.82) is 0 Å². The van der Waals surface area contributed by atoms with Gasteiger partial charge in [-0.3, -0.25) is 4.79 Å². The third-order valence-corrected chi connectivity index (χ3v) is 5.10. The summed E-state index contributed by atoms with van der Waals surface area (Å²) in [7, 11) is 1.94. The molecule has 4 rings (SSSR count). The Bertz CT molecular complexity index is 967. The van der Waals surface area contributed by atoms with Crippen molar-refractivity contribution in [3.63, 3.8) is 0 Å². The Hall–Kier alpha value is -2.11. The van der Waals surface area contributed by atoms with E-state index in [2.05, 4.69) is 15.5 Å². The summed E-state index contributed by atoms with van der Waals surface area (Å²) < 4.78 is 19.2. The van der Waals surface area contributed by atoms with E-state index in [1.165, 1.54) is 23.6 Å². The van der Waals surface area contributed by atoms with Crippen LogP contribution in [0.4, 0.5) is 4.39 Å². The minimum absolute atomic E-state index is 0.167. The average molecular weight is 389 g/mol. The summed E-state index contributed by atoms with van der Waals surface area (Å²) in [6.07, 6.45) is 0.965. The van der Waals surface area contributed by atoms with Crippen molar-refractivity contribution in [3.8, 4) is 17.0 Å². The van der Waals surface area contributed by atoms with Gasteiger partial charge in [0.25, 0.3) is 5.56 Å². The highest BCUT2D eigenvalue weighted by atomic mass is 32.1. The summed E-state index contributed by atoms with van der Waals surface area (Å²) in [6, 6.07) is 10.1. The zero-order chi connectivity index (χ0) is 18.1. The molecular weight excluding hydrogens is 372 g/mol. The molecule has 2 unspecified atom stereocenters. The Kier molecular flexibility index (Phi) is 4.83. The Morgan fingerprint density at radius 1 is 1.27 bits per heavy atom. The van der Waals surface area contributed by atoms with Crippen LogP contribution in [0, 0.1) is 0 Å². The van der Waals surface area contributed by atoms with Gasteiger partial charge in [0, 0.05) is 22.9 Å². The SMILES string of the molecule is O=c1ccc(-c2ccc(OC(F)P)cc2)nn1Cc1nc(C2CC2)cs1. The van der Waals surface area contributed by atoms with Gasteiger partial charge in [0.1, 0.15) is 10.8 Å². The smallest absolute Gasteiger partial charge is 0.267 e. The van der Waals surface area contributed by atoms with Crippen molar-refractivity contribution in [1.82, 2.24) is 14.8 Å². The zero-order valence-electron chi connectivity index (χ0n) is 13.8. The number of hydrogen-bond acceptors (Lipinski definition) is 5. The van der Waals surface area contributed by atoms with Crippen LogP contribution < -0.4 is 10.3 Å². The van der Waals surface area contributed by atoms with Crippen molar-refractivity contribution < 1.29 is 9.13 Å². The van der Waals surface area contributed by atoms with Crippen LogP contribution in [0.5, 0.6) is 5.75 Å². The summed E-state index contributed by atoms with van der Waals surface area (Å²) in [6.45, 7) is 0.363. The van der Waals surface area contributed by atoms with Crippen LogP contribution in [0.15, 0.2) is 46.6 Å². The molecule has 5 nitrogen and oxygen atoms in total. The quantitative estimate of drug-likeness (QED) is 0.602. The largest absolute Gasteiger partial charge is 0.457 e. The fourth-order valence-electron chi connectivity index (χ4n) is 2.64. The molecule has 1 saturated carbocycles. The van der Waals surface area contributed by atoms with Crippen molar-refractivity contribution in [2.75, 3.05) is 0 Å². The van der Waals surface area contributed by atoms with Gasteiger partial charge in [-0.1, -0.05) is 9.24 Å². The molecule has 2 atom stereocenters. The number of aromatic nitrogens is 3. The molecule has 2 aromatic heterocycles. The molecular formula is C18H17FN3O2PS. The average Bonchev–Trinajstić information content (AvgIpc) is 3.37. The zero-order valence-corrected chi connectivity index (χ0v) is 15.8. The maximum atomic E-state index is 12.9. The van der Waals surface area contributed by atoms with Crippen molar-refractivity contribution in [2.24, 2.45) is 0 Å². The molecule has 0 bridgehead atoms. The molecule has 0 amide bonds. The van der Waals surface area contributed by atoms with Gasteiger partial charge in [-0.05, 0) is 43.2 Å². The van der Waals surface area contributed by atoms with Crippen LogP contribution in [0.1, 0.15) is 29.5 Å². The third-order valence-electron chi connectivity index (χ3n) is 4.12. The monoisotopic (exact) mass is 389 g/mol. The molecule has 26 heavy (non-hydrogen) atoms. The maximum Gasteiger partial charge on any atom is 0.267 e. The maximum absolute atomic E-state index is 12.9. The Morgan fingerprint density at radius 3 is 2.73 bits per heavy atom. The molecule has 1 aliphatic rings. The predicted octanol–water partition coefficient (Wildman–Crippen LogP) is 3.80. The molecule has 0 N–H and O–H groups in total. The molecule has 1 aliphatic carbocycles. The first kappa shape index (κ1) is 17.3. The van der Waals surface area contributed by atoms with Crippen LogP contribution in [0.3, 0.4) is 0 Å². The van der Waals surface area contributed by atoms with Gasteiger partial charge in [-0.25, -0.2) is 9.67 Å². The second kappa shape index (κ2) is 7.25. The van der Waals surface area contributed by atoms with Crippen molar-refractivity contribution in [2.45, 2.75) is 31.4 Å². The first-order valence-electron chi connectivity index (χ1n) is 8.28. The van der Waals surface area contributed by atoms with Gasteiger partial charge >= 0.3 is 0 Å². The predicted molar refractivity (Wildman–Crippen MR) is 102 cm³/mol.